The lowest BCUT2D eigenvalue weighted by Gasteiger charge is -2.38. The molecule has 1 aliphatic rings. The lowest BCUT2D eigenvalue weighted by Crippen LogP contribution is -2.53. The summed E-state index contributed by atoms with van der Waals surface area (Å²) in [5.41, 5.74) is 1.09. The van der Waals surface area contributed by atoms with Crippen molar-refractivity contribution in [2.24, 2.45) is 13.0 Å². The van der Waals surface area contributed by atoms with Gasteiger partial charge in [-0.05, 0) is 33.1 Å². The number of aryl methyl sites for hydroxylation is 1. The SMILES string of the molecule is CC1CCN(c2ncnc3c2ncn3C)CC1NC(=O)OC(C)(C)C. The van der Waals surface area contributed by atoms with Crippen molar-refractivity contribution in [1.82, 2.24) is 24.8 Å². The number of carbonyl (C=O) groups is 1. The summed E-state index contributed by atoms with van der Waals surface area (Å²) in [4.78, 5) is 27.5. The zero-order chi connectivity index (χ0) is 18.2. The van der Waals surface area contributed by atoms with Gasteiger partial charge in [0, 0.05) is 20.1 Å². The lowest BCUT2D eigenvalue weighted by molar-refractivity contribution is 0.0483. The maximum absolute atomic E-state index is 12.1. The quantitative estimate of drug-likeness (QED) is 0.896. The number of amides is 1. The number of aromatic nitrogens is 4. The van der Waals surface area contributed by atoms with Crippen molar-refractivity contribution in [2.45, 2.75) is 45.8 Å². The highest BCUT2D eigenvalue weighted by atomic mass is 16.6. The molecule has 0 bridgehead atoms. The Kier molecular flexibility index (Phi) is 4.53. The number of alkyl carbamates (subject to hydrolysis) is 1. The first-order valence-electron chi connectivity index (χ1n) is 8.61. The van der Waals surface area contributed by atoms with Gasteiger partial charge in [-0.1, -0.05) is 6.92 Å². The summed E-state index contributed by atoms with van der Waals surface area (Å²) in [5.74, 6) is 1.18. The van der Waals surface area contributed by atoms with Gasteiger partial charge < -0.3 is 19.5 Å². The third-order valence-electron chi connectivity index (χ3n) is 4.44. The van der Waals surface area contributed by atoms with Crippen LogP contribution in [-0.4, -0.2) is 50.3 Å². The van der Waals surface area contributed by atoms with Crippen LogP contribution < -0.4 is 10.2 Å². The maximum atomic E-state index is 12.1. The Hall–Kier alpha value is -2.38. The first-order valence-corrected chi connectivity index (χ1v) is 8.61. The van der Waals surface area contributed by atoms with Gasteiger partial charge in [-0.15, -0.1) is 0 Å². The number of imidazole rings is 1. The van der Waals surface area contributed by atoms with Gasteiger partial charge in [0.25, 0.3) is 0 Å². The number of nitrogens with one attached hydrogen (secondary N) is 1. The third-order valence-corrected chi connectivity index (χ3v) is 4.44. The third kappa shape index (κ3) is 3.83. The van der Waals surface area contributed by atoms with E-state index >= 15 is 0 Å². The van der Waals surface area contributed by atoms with E-state index in [0.717, 1.165) is 29.9 Å². The van der Waals surface area contributed by atoms with E-state index in [1.165, 1.54) is 0 Å². The summed E-state index contributed by atoms with van der Waals surface area (Å²) in [5, 5.41) is 3.01. The van der Waals surface area contributed by atoms with Crippen LogP contribution >= 0.6 is 0 Å². The molecule has 2 aromatic heterocycles. The van der Waals surface area contributed by atoms with Crippen molar-refractivity contribution >= 4 is 23.1 Å². The summed E-state index contributed by atoms with van der Waals surface area (Å²) in [7, 11) is 1.91. The van der Waals surface area contributed by atoms with Crippen molar-refractivity contribution in [3.05, 3.63) is 12.7 Å². The van der Waals surface area contributed by atoms with Gasteiger partial charge in [0.15, 0.2) is 17.0 Å². The highest BCUT2D eigenvalue weighted by Gasteiger charge is 2.30. The van der Waals surface area contributed by atoms with Crippen LogP contribution in [0.15, 0.2) is 12.7 Å². The van der Waals surface area contributed by atoms with E-state index < -0.39 is 5.60 Å². The van der Waals surface area contributed by atoms with E-state index in [4.69, 9.17) is 4.74 Å². The number of hydrogen-bond donors (Lipinski definition) is 1. The van der Waals surface area contributed by atoms with Crippen LogP contribution in [0, 0.1) is 5.92 Å². The average molecular weight is 346 g/mol. The zero-order valence-electron chi connectivity index (χ0n) is 15.5. The Morgan fingerprint density at radius 3 is 2.80 bits per heavy atom. The Bertz CT molecular complexity index is 766. The molecule has 0 aromatic carbocycles. The molecular formula is C17H26N6O2. The van der Waals surface area contributed by atoms with Crippen LogP contribution in [0.5, 0.6) is 0 Å². The smallest absolute Gasteiger partial charge is 0.407 e. The molecule has 1 saturated heterocycles. The highest BCUT2D eigenvalue weighted by molar-refractivity contribution is 5.83. The molecule has 3 rings (SSSR count). The molecule has 1 aliphatic heterocycles. The zero-order valence-corrected chi connectivity index (χ0v) is 15.5. The first-order chi connectivity index (χ1) is 11.7. The minimum absolute atomic E-state index is 0.00247. The maximum Gasteiger partial charge on any atom is 0.407 e. The fourth-order valence-corrected chi connectivity index (χ4v) is 3.07. The Morgan fingerprint density at radius 1 is 1.32 bits per heavy atom. The molecule has 1 fully saturated rings. The second kappa shape index (κ2) is 6.50. The Balaban J connectivity index is 1.77. The molecule has 2 aromatic rings. The average Bonchev–Trinajstić information content (AvgIpc) is 2.89. The molecule has 136 valence electrons. The van der Waals surface area contributed by atoms with Gasteiger partial charge in [0.1, 0.15) is 11.9 Å². The monoisotopic (exact) mass is 346 g/mol. The minimum atomic E-state index is -0.506. The minimum Gasteiger partial charge on any atom is -0.444 e. The number of nitrogens with zero attached hydrogens (tertiary/aromatic N) is 5. The van der Waals surface area contributed by atoms with Gasteiger partial charge >= 0.3 is 6.09 Å². The van der Waals surface area contributed by atoms with Gasteiger partial charge in [-0.25, -0.2) is 19.7 Å². The van der Waals surface area contributed by atoms with Crippen LogP contribution in [0.4, 0.5) is 10.6 Å². The van der Waals surface area contributed by atoms with Crippen LogP contribution in [0.2, 0.25) is 0 Å². The van der Waals surface area contributed by atoms with Gasteiger partial charge in [0.05, 0.1) is 12.4 Å². The number of carbonyl (C=O) groups excluding carboxylic acids is 1. The van der Waals surface area contributed by atoms with E-state index in [1.54, 1.807) is 12.7 Å². The number of fused-ring (bicyclic) bond motifs is 1. The van der Waals surface area contributed by atoms with Crippen LogP contribution in [0.25, 0.3) is 11.2 Å². The molecule has 2 atom stereocenters. The van der Waals surface area contributed by atoms with Crippen LogP contribution in [0.3, 0.4) is 0 Å². The molecule has 2 unspecified atom stereocenters. The molecule has 0 aliphatic carbocycles. The van der Waals surface area contributed by atoms with E-state index in [9.17, 15) is 4.79 Å². The highest BCUT2D eigenvalue weighted by Crippen LogP contribution is 2.26. The second-order valence-electron chi connectivity index (χ2n) is 7.69. The molecule has 3 heterocycles. The van der Waals surface area contributed by atoms with Crippen molar-refractivity contribution < 1.29 is 9.53 Å². The molecule has 1 N–H and O–H groups in total. The summed E-state index contributed by atoms with van der Waals surface area (Å²) in [6, 6.07) is -0.00247. The van der Waals surface area contributed by atoms with Crippen molar-refractivity contribution in [3.63, 3.8) is 0 Å². The van der Waals surface area contributed by atoms with Crippen molar-refractivity contribution in [2.75, 3.05) is 18.0 Å². The van der Waals surface area contributed by atoms with Gasteiger partial charge in [-0.2, -0.15) is 0 Å². The summed E-state index contributed by atoms with van der Waals surface area (Å²) in [6.07, 6.45) is 3.88. The van der Waals surface area contributed by atoms with E-state index in [-0.39, 0.29) is 12.1 Å². The molecule has 25 heavy (non-hydrogen) atoms. The molecule has 8 nitrogen and oxygen atoms in total. The van der Waals surface area contributed by atoms with Gasteiger partial charge in [-0.3, -0.25) is 0 Å². The number of ether oxygens (including phenoxy) is 1. The van der Waals surface area contributed by atoms with E-state index in [2.05, 4.69) is 32.1 Å². The lowest BCUT2D eigenvalue weighted by atomic mass is 9.93. The second-order valence-corrected chi connectivity index (χ2v) is 7.69. The predicted octanol–water partition coefficient (Wildman–Crippen LogP) is 2.10. The van der Waals surface area contributed by atoms with Crippen LogP contribution in [-0.2, 0) is 11.8 Å². The number of anilines is 1. The van der Waals surface area contributed by atoms with Crippen molar-refractivity contribution in [1.29, 1.82) is 0 Å². The van der Waals surface area contributed by atoms with Gasteiger partial charge in [0.2, 0.25) is 0 Å². The first kappa shape index (κ1) is 17.4. The molecular weight excluding hydrogens is 320 g/mol. The molecule has 0 saturated carbocycles. The molecule has 8 heteroatoms. The fraction of sp³-hybridized carbons (Fsp3) is 0.647. The number of piperidine rings is 1. The Morgan fingerprint density at radius 2 is 2.08 bits per heavy atom. The Labute approximate surface area is 147 Å². The molecule has 1 amide bonds. The molecule has 0 radical (unpaired) electrons. The number of hydrogen-bond acceptors (Lipinski definition) is 6. The topological polar surface area (TPSA) is 85.2 Å². The normalized spacial score (nSPS) is 21.4. The summed E-state index contributed by atoms with van der Waals surface area (Å²) >= 11 is 0. The summed E-state index contributed by atoms with van der Waals surface area (Å²) in [6.45, 7) is 9.28. The number of rotatable bonds is 2. The fourth-order valence-electron chi connectivity index (χ4n) is 3.07. The van der Waals surface area contributed by atoms with E-state index in [0.29, 0.717) is 12.5 Å². The van der Waals surface area contributed by atoms with Crippen LogP contribution in [0.1, 0.15) is 34.1 Å². The molecule has 0 spiro atoms. The largest absolute Gasteiger partial charge is 0.444 e. The van der Waals surface area contributed by atoms with E-state index in [1.807, 2.05) is 32.4 Å². The standard InChI is InChI=1S/C17H26N6O2/c1-11-6-7-23(8-12(11)21-16(24)25-17(2,3)4)15-13-14(18-9-19-15)22(5)10-20-13/h9-12H,6-8H2,1-5H3,(H,21,24). The van der Waals surface area contributed by atoms with Crippen molar-refractivity contribution in [3.8, 4) is 0 Å². The predicted molar refractivity (Wildman–Crippen MR) is 95.5 cm³/mol. The summed E-state index contributed by atoms with van der Waals surface area (Å²) < 4.78 is 7.27.